The summed E-state index contributed by atoms with van der Waals surface area (Å²) in [5.74, 6) is 0.339. The van der Waals surface area contributed by atoms with Crippen molar-refractivity contribution in [2.45, 2.75) is 45.6 Å². The number of esters is 1. The number of methoxy groups -OCH3 is 1. The molecule has 100 valence electrons. The number of hydrogen-bond acceptors (Lipinski definition) is 3. The first kappa shape index (κ1) is 14.6. The van der Waals surface area contributed by atoms with Crippen molar-refractivity contribution in [3.8, 4) is 5.75 Å². The SMILES string of the molecule is COC(=O)C(C)(C)Oc1ccccc1C(C)(C)C. The lowest BCUT2D eigenvalue weighted by atomic mass is 9.86. The molecule has 0 bridgehead atoms. The second-order valence-electron chi connectivity index (χ2n) is 5.85. The first-order chi connectivity index (χ1) is 8.18. The Kier molecular flexibility index (Phi) is 4.05. The van der Waals surface area contributed by atoms with E-state index in [-0.39, 0.29) is 11.4 Å². The van der Waals surface area contributed by atoms with Gasteiger partial charge in [0.15, 0.2) is 5.60 Å². The van der Waals surface area contributed by atoms with E-state index < -0.39 is 5.60 Å². The van der Waals surface area contributed by atoms with Gasteiger partial charge in [-0.15, -0.1) is 0 Å². The van der Waals surface area contributed by atoms with Crippen molar-refractivity contribution in [2.75, 3.05) is 7.11 Å². The third kappa shape index (κ3) is 3.25. The minimum absolute atomic E-state index is 0.0389. The minimum atomic E-state index is -0.990. The molecule has 0 radical (unpaired) electrons. The zero-order valence-electron chi connectivity index (χ0n) is 12.0. The Labute approximate surface area is 109 Å². The van der Waals surface area contributed by atoms with Crippen molar-refractivity contribution >= 4 is 5.97 Å². The number of benzene rings is 1. The Bertz CT molecular complexity index is 428. The minimum Gasteiger partial charge on any atom is -0.476 e. The van der Waals surface area contributed by atoms with Gasteiger partial charge < -0.3 is 9.47 Å². The van der Waals surface area contributed by atoms with Gasteiger partial charge in [-0.3, -0.25) is 0 Å². The predicted molar refractivity (Wildman–Crippen MR) is 71.9 cm³/mol. The summed E-state index contributed by atoms with van der Waals surface area (Å²) in [4.78, 5) is 11.7. The van der Waals surface area contributed by atoms with Gasteiger partial charge in [-0.2, -0.15) is 0 Å². The predicted octanol–water partition coefficient (Wildman–Crippen LogP) is 3.31. The summed E-state index contributed by atoms with van der Waals surface area (Å²) in [5.41, 5.74) is 0.0424. The molecule has 0 aromatic heterocycles. The van der Waals surface area contributed by atoms with Crippen LogP contribution >= 0.6 is 0 Å². The van der Waals surface area contributed by atoms with Crippen LogP contribution in [0.25, 0.3) is 0 Å². The average molecular weight is 250 g/mol. The summed E-state index contributed by atoms with van der Waals surface area (Å²) in [6, 6.07) is 7.77. The summed E-state index contributed by atoms with van der Waals surface area (Å²) >= 11 is 0. The molecular weight excluding hydrogens is 228 g/mol. The first-order valence-corrected chi connectivity index (χ1v) is 6.05. The molecule has 1 rings (SSSR count). The number of para-hydroxylation sites is 1. The van der Waals surface area contributed by atoms with Gasteiger partial charge in [0.1, 0.15) is 5.75 Å². The van der Waals surface area contributed by atoms with E-state index in [1.807, 2.05) is 24.3 Å². The first-order valence-electron chi connectivity index (χ1n) is 6.05. The van der Waals surface area contributed by atoms with E-state index >= 15 is 0 Å². The maximum atomic E-state index is 11.7. The van der Waals surface area contributed by atoms with Crippen molar-refractivity contribution in [3.05, 3.63) is 29.8 Å². The quantitative estimate of drug-likeness (QED) is 0.772. The van der Waals surface area contributed by atoms with E-state index in [0.29, 0.717) is 0 Å². The summed E-state index contributed by atoms with van der Waals surface area (Å²) in [6.45, 7) is 9.75. The van der Waals surface area contributed by atoms with Gasteiger partial charge in [-0.25, -0.2) is 4.79 Å². The topological polar surface area (TPSA) is 35.5 Å². The number of carbonyl (C=O) groups excluding carboxylic acids is 1. The summed E-state index contributed by atoms with van der Waals surface area (Å²) in [7, 11) is 1.36. The highest BCUT2D eigenvalue weighted by atomic mass is 16.6. The van der Waals surface area contributed by atoms with Gasteiger partial charge in [0.2, 0.25) is 0 Å². The number of rotatable bonds is 3. The van der Waals surface area contributed by atoms with Crippen molar-refractivity contribution in [2.24, 2.45) is 0 Å². The number of hydrogen-bond donors (Lipinski definition) is 0. The fourth-order valence-corrected chi connectivity index (χ4v) is 1.74. The Morgan fingerprint density at radius 2 is 1.61 bits per heavy atom. The molecule has 0 saturated heterocycles. The molecule has 0 unspecified atom stereocenters. The molecular formula is C15H22O3. The normalized spacial score (nSPS) is 12.1. The van der Waals surface area contributed by atoms with E-state index in [9.17, 15) is 4.79 Å². The van der Waals surface area contributed by atoms with Gasteiger partial charge in [-0.1, -0.05) is 39.0 Å². The lowest BCUT2D eigenvalue weighted by molar-refractivity contribution is -0.156. The standard InChI is InChI=1S/C15H22O3/c1-14(2,3)11-9-7-8-10-12(11)18-15(4,5)13(16)17-6/h7-10H,1-6H3. The molecule has 0 fully saturated rings. The Morgan fingerprint density at radius 3 is 2.11 bits per heavy atom. The molecule has 0 aliphatic carbocycles. The third-order valence-corrected chi connectivity index (χ3v) is 2.74. The van der Waals surface area contributed by atoms with Crippen LogP contribution in [0.4, 0.5) is 0 Å². The molecule has 0 aliphatic rings. The van der Waals surface area contributed by atoms with Crippen LogP contribution in [0, 0.1) is 0 Å². The molecule has 18 heavy (non-hydrogen) atoms. The van der Waals surface area contributed by atoms with Crippen LogP contribution in [-0.4, -0.2) is 18.7 Å². The van der Waals surface area contributed by atoms with E-state index in [1.165, 1.54) is 7.11 Å². The molecule has 1 aromatic rings. The molecule has 0 aliphatic heterocycles. The molecule has 3 nitrogen and oxygen atoms in total. The van der Waals surface area contributed by atoms with Crippen LogP contribution in [0.15, 0.2) is 24.3 Å². The van der Waals surface area contributed by atoms with Crippen LogP contribution < -0.4 is 4.74 Å². The molecule has 0 atom stereocenters. The smallest absolute Gasteiger partial charge is 0.349 e. The van der Waals surface area contributed by atoms with Gasteiger partial charge in [0, 0.05) is 0 Å². The second-order valence-corrected chi connectivity index (χ2v) is 5.85. The van der Waals surface area contributed by atoms with Crippen LogP contribution in [0.2, 0.25) is 0 Å². The van der Waals surface area contributed by atoms with Crippen molar-refractivity contribution in [1.82, 2.24) is 0 Å². The van der Waals surface area contributed by atoms with E-state index in [4.69, 9.17) is 9.47 Å². The highest BCUT2D eigenvalue weighted by Crippen LogP contribution is 2.33. The molecule has 0 spiro atoms. The summed E-state index contributed by atoms with van der Waals surface area (Å²) in [6.07, 6.45) is 0. The van der Waals surface area contributed by atoms with Crippen LogP contribution in [0.5, 0.6) is 5.75 Å². The monoisotopic (exact) mass is 250 g/mol. The van der Waals surface area contributed by atoms with E-state index in [0.717, 1.165) is 11.3 Å². The third-order valence-electron chi connectivity index (χ3n) is 2.74. The Morgan fingerprint density at radius 1 is 1.06 bits per heavy atom. The lowest BCUT2D eigenvalue weighted by Gasteiger charge is -2.28. The zero-order chi connectivity index (χ0) is 14.0. The molecule has 0 N–H and O–H groups in total. The molecule has 0 heterocycles. The fraction of sp³-hybridized carbons (Fsp3) is 0.533. The highest BCUT2D eigenvalue weighted by molar-refractivity contribution is 5.78. The molecule has 3 heteroatoms. The van der Waals surface area contributed by atoms with E-state index in [1.54, 1.807) is 13.8 Å². The van der Waals surface area contributed by atoms with Gasteiger partial charge >= 0.3 is 5.97 Å². The average Bonchev–Trinajstić information content (AvgIpc) is 2.26. The second kappa shape index (κ2) is 5.01. The Hall–Kier alpha value is -1.51. The Balaban J connectivity index is 3.09. The fourth-order valence-electron chi connectivity index (χ4n) is 1.74. The van der Waals surface area contributed by atoms with Crippen molar-refractivity contribution in [3.63, 3.8) is 0 Å². The van der Waals surface area contributed by atoms with Gasteiger partial charge in [0.25, 0.3) is 0 Å². The lowest BCUT2D eigenvalue weighted by Crippen LogP contribution is -2.39. The van der Waals surface area contributed by atoms with Crippen LogP contribution in [-0.2, 0) is 14.9 Å². The summed E-state index contributed by atoms with van der Waals surface area (Å²) < 4.78 is 10.6. The largest absolute Gasteiger partial charge is 0.476 e. The van der Waals surface area contributed by atoms with Crippen molar-refractivity contribution in [1.29, 1.82) is 0 Å². The highest BCUT2D eigenvalue weighted by Gasteiger charge is 2.32. The molecule has 0 amide bonds. The maximum absolute atomic E-state index is 11.7. The number of ether oxygens (including phenoxy) is 2. The van der Waals surface area contributed by atoms with Crippen LogP contribution in [0.1, 0.15) is 40.2 Å². The maximum Gasteiger partial charge on any atom is 0.349 e. The van der Waals surface area contributed by atoms with Gasteiger partial charge in [-0.05, 0) is 30.9 Å². The molecule has 0 saturated carbocycles. The van der Waals surface area contributed by atoms with E-state index in [2.05, 4.69) is 20.8 Å². The molecule has 1 aromatic carbocycles. The van der Waals surface area contributed by atoms with Gasteiger partial charge in [0.05, 0.1) is 7.11 Å². The van der Waals surface area contributed by atoms with Crippen molar-refractivity contribution < 1.29 is 14.3 Å². The summed E-state index contributed by atoms with van der Waals surface area (Å²) in [5, 5.41) is 0. The van der Waals surface area contributed by atoms with Crippen LogP contribution in [0.3, 0.4) is 0 Å². The number of carbonyl (C=O) groups is 1. The zero-order valence-corrected chi connectivity index (χ0v) is 12.0.